The lowest BCUT2D eigenvalue weighted by atomic mass is 10.0. The van der Waals surface area contributed by atoms with E-state index in [0.29, 0.717) is 24.0 Å². The molecule has 0 saturated carbocycles. The zero-order valence-electron chi connectivity index (χ0n) is 18.5. The number of rotatable bonds is 9. The molecule has 2 rings (SSSR count). The molecule has 0 aliphatic heterocycles. The number of phenolic OH excluding ortho intramolecular Hbond substituents is 1. The second-order valence-corrected chi connectivity index (χ2v) is 7.20. The van der Waals surface area contributed by atoms with E-state index in [1.54, 1.807) is 19.2 Å². The quantitative estimate of drug-likeness (QED) is 0.195. The topological polar surface area (TPSA) is 75.1 Å². The Morgan fingerprint density at radius 3 is 2.10 bits per heavy atom. The van der Waals surface area contributed by atoms with Crippen molar-refractivity contribution in [2.45, 2.75) is 39.2 Å². The Balaban J connectivity index is 0.00000450. The summed E-state index contributed by atoms with van der Waals surface area (Å²) in [5.41, 5.74) is 3.64. The number of aryl methyl sites for hydroxylation is 1. The third kappa shape index (κ3) is 7.59. The van der Waals surface area contributed by atoms with Crippen LogP contribution in [-0.4, -0.2) is 38.9 Å². The van der Waals surface area contributed by atoms with Crippen LogP contribution in [0.25, 0.3) is 0 Å². The molecule has 7 heteroatoms. The Labute approximate surface area is 197 Å². The van der Waals surface area contributed by atoms with Crippen LogP contribution in [0.4, 0.5) is 0 Å². The summed E-state index contributed by atoms with van der Waals surface area (Å²) in [6.45, 7) is 5.78. The summed E-state index contributed by atoms with van der Waals surface area (Å²) in [4.78, 5) is 4.26. The fourth-order valence-corrected chi connectivity index (χ4v) is 3.02. The normalized spacial score (nSPS) is 11.1. The highest BCUT2D eigenvalue weighted by atomic mass is 127. The Bertz CT molecular complexity index is 783. The molecule has 0 atom stereocenters. The second kappa shape index (κ2) is 13.2. The molecule has 2 aromatic rings. The minimum atomic E-state index is 0. The van der Waals surface area contributed by atoms with Gasteiger partial charge >= 0.3 is 0 Å². The highest BCUT2D eigenvalue weighted by molar-refractivity contribution is 14.0. The molecule has 30 heavy (non-hydrogen) atoms. The van der Waals surface area contributed by atoms with Crippen molar-refractivity contribution in [2.24, 2.45) is 4.99 Å². The second-order valence-electron chi connectivity index (χ2n) is 7.20. The number of nitrogens with zero attached hydrogens (tertiary/aromatic N) is 1. The average Bonchev–Trinajstić information content (AvgIpc) is 2.74. The van der Waals surface area contributed by atoms with Gasteiger partial charge in [0, 0.05) is 20.1 Å². The number of hydrogen-bond acceptors (Lipinski definition) is 4. The fraction of sp³-hybridized carbons (Fsp3) is 0.435. The molecule has 0 fully saturated rings. The lowest BCUT2D eigenvalue weighted by Crippen LogP contribution is -2.37. The molecule has 0 spiro atoms. The first-order valence-corrected chi connectivity index (χ1v) is 9.95. The molecule has 0 unspecified atom stereocenters. The van der Waals surface area contributed by atoms with Gasteiger partial charge < -0.3 is 25.2 Å². The third-order valence-corrected chi connectivity index (χ3v) is 4.80. The highest BCUT2D eigenvalue weighted by Crippen LogP contribution is 2.36. The van der Waals surface area contributed by atoms with Crippen LogP contribution in [0.3, 0.4) is 0 Å². The molecule has 0 aromatic heterocycles. The largest absolute Gasteiger partial charge is 0.502 e. The van der Waals surface area contributed by atoms with E-state index < -0.39 is 0 Å². The van der Waals surface area contributed by atoms with Gasteiger partial charge in [-0.05, 0) is 47.6 Å². The molecular formula is C23H34IN3O3. The van der Waals surface area contributed by atoms with E-state index in [-0.39, 0.29) is 29.7 Å². The zero-order chi connectivity index (χ0) is 21.2. The molecule has 0 aliphatic rings. The van der Waals surface area contributed by atoms with Gasteiger partial charge in [0.15, 0.2) is 17.5 Å². The van der Waals surface area contributed by atoms with E-state index >= 15 is 0 Å². The van der Waals surface area contributed by atoms with Crippen LogP contribution < -0.4 is 20.1 Å². The lowest BCUT2D eigenvalue weighted by molar-refractivity contribution is 0.339. The molecule has 0 bridgehead atoms. The van der Waals surface area contributed by atoms with Gasteiger partial charge in [0.05, 0.1) is 14.2 Å². The minimum Gasteiger partial charge on any atom is -0.502 e. The summed E-state index contributed by atoms with van der Waals surface area (Å²) in [6.07, 6.45) is 2.04. The van der Waals surface area contributed by atoms with E-state index in [2.05, 4.69) is 53.7 Å². The number of nitrogens with one attached hydrogen (secondary N) is 2. The van der Waals surface area contributed by atoms with Crippen molar-refractivity contribution in [3.05, 3.63) is 53.1 Å². The maximum atomic E-state index is 10.0. The highest BCUT2D eigenvalue weighted by Gasteiger charge is 2.11. The standard InChI is InChI=1S/C23H33N3O3.HI/c1-16(2)19-10-8-17(9-11-19)7-6-12-25-23(24-3)26-15-18-13-20(28-4)22(27)21(14-18)29-5;/h8-11,13-14,16,27H,6-7,12,15H2,1-5H3,(H2,24,25,26);1H. The molecule has 2 aromatic carbocycles. The summed E-state index contributed by atoms with van der Waals surface area (Å²) in [7, 11) is 4.78. The van der Waals surface area contributed by atoms with E-state index in [1.807, 2.05) is 0 Å². The third-order valence-electron chi connectivity index (χ3n) is 4.80. The lowest BCUT2D eigenvalue weighted by Gasteiger charge is -2.14. The van der Waals surface area contributed by atoms with Crippen LogP contribution >= 0.6 is 24.0 Å². The molecule has 0 saturated heterocycles. The summed E-state index contributed by atoms with van der Waals surface area (Å²) in [5.74, 6) is 2.06. The predicted octanol–water partition coefficient (Wildman–Crippen LogP) is 4.45. The summed E-state index contributed by atoms with van der Waals surface area (Å²) >= 11 is 0. The SMILES string of the molecule is CN=C(NCCCc1ccc(C(C)C)cc1)NCc1cc(OC)c(O)c(OC)c1.I. The van der Waals surface area contributed by atoms with Crippen molar-refractivity contribution in [1.29, 1.82) is 0 Å². The molecule has 3 N–H and O–H groups in total. The molecule has 166 valence electrons. The van der Waals surface area contributed by atoms with Crippen LogP contribution in [0.15, 0.2) is 41.4 Å². The van der Waals surface area contributed by atoms with Crippen molar-refractivity contribution >= 4 is 29.9 Å². The number of aliphatic imine (C=N–C) groups is 1. The molecule has 6 nitrogen and oxygen atoms in total. The Morgan fingerprint density at radius 2 is 1.60 bits per heavy atom. The van der Waals surface area contributed by atoms with Crippen molar-refractivity contribution < 1.29 is 14.6 Å². The smallest absolute Gasteiger partial charge is 0.200 e. The van der Waals surface area contributed by atoms with Gasteiger partial charge in [0.25, 0.3) is 0 Å². The number of hydrogen-bond donors (Lipinski definition) is 3. The Morgan fingerprint density at radius 1 is 1.00 bits per heavy atom. The maximum absolute atomic E-state index is 10.0. The fourth-order valence-electron chi connectivity index (χ4n) is 3.02. The van der Waals surface area contributed by atoms with E-state index in [9.17, 15) is 5.11 Å². The van der Waals surface area contributed by atoms with Gasteiger partial charge in [-0.15, -0.1) is 24.0 Å². The molecule has 0 amide bonds. The molecule has 0 aliphatic carbocycles. The van der Waals surface area contributed by atoms with Crippen molar-refractivity contribution in [3.63, 3.8) is 0 Å². The number of benzene rings is 2. The van der Waals surface area contributed by atoms with Gasteiger partial charge in [-0.1, -0.05) is 38.1 Å². The number of guanidine groups is 1. The number of aromatic hydroxyl groups is 1. The number of methoxy groups -OCH3 is 2. The van der Waals surface area contributed by atoms with Crippen molar-refractivity contribution in [3.8, 4) is 17.2 Å². The Kier molecular flexibility index (Phi) is 11.4. The monoisotopic (exact) mass is 527 g/mol. The summed E-state index contributed by atoms with van der Waals surface area (Å²) in [6, 6.07) is 12.4. The van der Waals surface area contributed by atoms with Gasteiger partial charge in [-0.2, -0.15) is 0 Å². The van der Waals surface area contributed by atoms with Crippen LogP contribution in [0.5, 0.6) is 17.2 Å². The number of ether oxygens (including phenoxy) is 2. The molecule has 0 radical (unpaired) electrons. The van der Waals surface area contributed by atoms with Gasteiger partial charge in [-0.25, -0.2) is 0 Å². The van der Waals surface area contributed by atoms with Crippen LogP contribution in [0.2, 0.25) is 0 Å². The number of halogens is 1. The minimum absolute atomic E-state index is 0. The summed E-state index contributed by atoms with van der Waals surface area (Å²) in [5, 5.41) is 16.6. The van der Waals surface area contributed by atoms with Crippen LogP contribution in [0.1, 0.15) is 42.9 Å². The molecular weight excluding hydrogens is 493 g/mol. The van der Waals surface area contributed by atoms with Gasteiger partial charge in [0.1, 0.15) is 0 Å². The first-order chi connectivity index (χ1) is 14.0. The van der Waals surface area contributed by atoms with Crippen molar-refractivity contribution in [2.75, 3.05) is 27.8 Å². The predicted molar refractivity (Wildman–Crippen MR) is 134 cm³/mol. The van der Waals surface area contributed by atoms with Gasteiger partial charge in [-0.3, -0.25) is 4.99 Å². The first kappa shape index (κ1) is 25.9. The Hall–Kier alpha value is -2.16. The van der Waals surface area contributed by atoms with E-state index in [1.165, 1.54) is 25.3 Å². The summed E-state index contributed by atoms with van der Waals surface area (Å²) < 4.78 is 10.4. The molecule has 0 heterocycles. The van der Waals surface area contributed by atoms with Crippen LogP contribution in [-0.2, 0) is 13.0 Å². The van der Waals surface area contributed by atoms with Crippen molar-refractivity contribution in [1.82, 2.24) is 10.6 Å². The van der Waals surface area contributed by atoms with E-state index in [4.69, 9.17) is 9.47 Å². The van der Waals surface area contributed by atoms with E-state index in [0.717, 1.165) is 30.9 Å². The first-order valence-electron chi connectivity index (χ1n) is 9.95. The van der Waals surface area contributed by atoms with Crippen LogP contribution in [0, 0.1) is 0 Å². The number of phenols is 1. The zero-order valence-corrected chi connectivity index (χ0v) is 20.8. The van der Waals surface area contributed by atoms with Gasteiger partial charge in [0.2, 0.25) is 5.75 Å². The average molecular weight is 527 g/mol. The maximum Gasteiger partial charge on any atom is 0.200 e.